The summed E-state index contributed by atoms with van der Waals surface area (Å²) in [5, 5.41) is 12.1. The summed E-state index contributed by atoms with van der Waals surface area (Å²) in [4.78, 5) is 7.92. The Bertz CT molecular complexity index is 656. The van der Waals surface area contributed by atoms with Gasteiger partial charge in [0.05, 0.1) is 0 Å². The molecule has 1 N–H and O–H groups in total. The average molecular weight is 292 g/mol. The zero-order valence-corrected chi connectivity index (χ0v) is 12.8. The van der Waals surface area contributed by atoms with Crippen LogP contribution in [0.3, 0.4) is 0 Å². The van der Waals surface area contributed by atoms with Crippen LogP contribution in [0.5, 0.6) is 0 Å². The van der Waals surface area contributed by atoms with E-state index in [0.717, 1.165) is 25.2 Å². The molecule has 0 aliphatic rings. The molecule has 0 unspecified atom stereocenters. The van der Waals surface area contributed by atoms with Crippen LogP contribution in [0.4, 0.5) is 0 Å². The Hall–Kier alpha value is -2.67. The monoisotopic (exact) mass is 292 g/mol. The van der Waals surface area contributed by atoms with Crippen LogP contribution in [-0.4, -0.2) is 17.4 Å². The summed E-state index contributed by atoms with van der Waals surface area (Å²) in [6.45, 7) is 2.87. The molecular formula is C18H20N4. The summed E-state index contributed by atoms with van der Waals surface area (Å²) in [6, 6.07) is 12.2. The third kappa shape index (κ3) is 5.02. The quantitative estimate of drug-likeness (QED) is 0.385. The van der Waals surface area contributed by atoms with Crippen LogP contribution in [0.15, 0.2) is 53.8 Å². The minimum absolute atomic E-state index is 0.662. The van der Waals surface area contributed by atoms with Crippen LogP contribution in [-0.2, 0) is 12.8 Å². The Balaban J connectivity index is 1.84. The van der Waals surface area contributed by atoms with E-state index in [0.29, 0.717) is 6.42 Å². The van der Waals surface area contributed by atoms with Crippen molar-refractivity contribution in [3.05, 3.63) is 65.5 Å². The van der Waals surface area contributed by atoms with Crippen molar-refractivity contribution >= 4 is 5.84 Å². The third-order valence-corrected chi connectivity index (χ3v) is 3.52. The molecule has 4 nitrogen and oxygen atoms in total. The molecular weight excluding hydrogens is 272 g/mol. The second-order valence-corrected chi connectivity index (χ2v) is 5.15. The average Bonchev–Trinajstić information content (AvgIpc) is 2.55. The molecule has 0 aliphatic carbocycles. The molecule has 0 saturated carbocycles. The minimum atomic E-state index is 0.662. The zero-order chi connectivity index (χ0) is 15.6. The van der Waals surface area contributed by atoms with Gasteiger partial charge in [0.2, 0.25) is 6.19 Å². The Morgan fingerprint density at radius 1 is 1.23 bits per heavy atom. The summed E-state index contributed by atoms with van der Waals surface area (Å²) >= 11 is 0. The van der Waals surface area contributed by atoms with Gasteiger partial charge >= 0.3 is 0 Å². The lowest BCUT2D eigenvalue weighted by molar-refractivity contribution is 0.766. The maximum atomic E-state index is 8.83. The van der Waals surface area contributed by atoms with Crippen molar-refractivity contribution in [2.45, 2.75) is 26.2 Å². The number of benzene rings is 1. The van der Waals surface area contributed by atoms with Crippen molar-refractivity contribution in [1.29, 1.82) is 5.26 Å². The Morgan fingerprint density at radius 3 is 2.73 bits per heavy atom. The van der Waals surface area contributed by atoms with E-state index in [9.17, 15) is 0 Å². The van der Waals surface area contributed by atoms with Gasteiger partial charge in [0, 0.05) is 25.4 Å². The highest BCUT2D eigenvalue weighted by Gasteiger charge is 2.04. The van der Waals surface area contributed by atoms with Gasteiger partial charge in [-0.15, -0.1) is 0 Å². The molecule has 0 aliphatic heterocycles. The smallest absolute Gasteiger partial charge is 0.207 e. The maximum absolute atomic E-state index is 8.83. The fourth-order valence-corrected chi connectivity index (χ4v) is 2.27. The van der Waals surface area contributed by atoms with Crippen LogP contribution >= 0.6 is 0 Å². The third-order valence-electron chi connectivity index (χ3n) is 3.52. The molecule has 0 atom stereocenters. The molecule has 1 aromatic heterocycles. The molecule has 4 heteroatoms. The van der Waals surface area contributed by atoms with Gasteiger partial charge in [-0.05, 0) is 48.6 Å². The first-order valence-electron chi connectivity index (χ1n) is 7.42. The second kappa shape index (κ2) is 8.58. The molecule has 112 valence electrons. The highest BCUT2D eigenvalue weighted by Crippen LogP contribution is 2.08. The van der Waals surface area contributed by atoms with Crippen LogP contribution < -0.4 is 5.32 Å². The molecule has 22 heavy (non-hydrogen) atoms. The van der Waals surface area contributed by atoms with Crippen LogP contribution in [0.2, 0.25) is 0 Å². The van der Waals surface area contributed by atoms with Crippen LogP contribution in [0.1, 0.15) is 23.1 Å². The number of hydrogen-bond donors (Lipinski definition) is 1. The predicted octanol–water partition coefficient (Wildman–Crippen LogP) is 3.03. The number of aromatic nitrogens is 1. The number of nitrogens with zero attached hydrogens (tertiary/aromatic N) is 3. The fraction of sp³-hybridized carbons (Fsp3) is 0.278. The van der Waals surface area contributed by atoms with Gasteiger partial charge in [-0.1, -0.05) is 24.3 Å². The molecule has 2 aromatic rings. The van der Waals surface area contributed by atoms with Gasteiger partial charge in [0.1, 0.15) is 5.84 Å². The van der Waals surface area contributed by atoms with Crippen molar-refractivity contribution in [1.82, 2.24) is 10.3 Å². The maximum Gasteiger partial charge on any atom is 0.207 e. The number of rotatable bonds is 6. The fourth-order valence-electron chi connectivity index (χ4n) is 2.27. The molecule has 0 radical (unpaired) electrons. The Morgan fingerprint density at radius 2 is 2.00 bits per heavy atom. The number of aryl methyl sites for hydroxylation is 2. The van der Waals surface area contributed by atoms with E-state index in [1.807, 2.05) is 42.9 Å². The van der Waals surface area contributed by atoms with Gasteiger partial charge in [-0.2, -0.15) is 10.3 Å². The van der Waals surface area contributed by atoms with Crippen molar-refractivity contribution in [2.24, 2.45) is 4.99 Å². The van der Waals surface area contributed by atoms with E-state index in [2.05, 4.69) is 34.3 Å². The van der Waals surface area contributed by atoms with E-state index in [1.54, 1.807) is 0 Å². The molecule has 0 amide bonds. The van der Waals surface area contributed by atoms with E-state index in [-0.39, 0.29) is 0 Å². The molecule has 0 fully saturated rings. The van der Waals surface area contributed by atoms with Gasteiger partial charge in [-0.25, -0.2) is 0 Å². The largest absolute Gasteiger partial charge is 0.373 e. The lowest BCUT2D eigenvalue weighted by Gasteiger charge is -2.10. The van der Waals surface area contributed by atoms with Crippen molar-refractivity contribution < 1.29 is 0 Å². The predicted molar refractivity (Wildman–Crippen MR) is 88.5 cm³/mol. The van der Waals surface area contributed by atoms with E-state index in [4.69, 9.17) is 5.26 Å². The lowest BCUT2D eigenvalue weighted by Crippen LogP contribution is -2.27. The molecule has 0 saturated heterocycles. The summed E-state index contributed by atoms with van der Waals surface area (Å²) in [6.07, 6.45) is 8.14. The van der Waals surface area contributed by atoms with Crippen LogP contribution in [0.25, 0.3) is 0 Å². The van der Waals surface area contributed by atoms with Crippen molar-refractivity contribution in [3.63, 3.8) is 0 Å². The normalized spacial score (nSPS) is 11.0. The summed E-state index contributed by atoms with van der Waals surface area (Å²) in [7, 11) is 0. The van der Waals surface area contributed by atoms with E-state index in [1.165, 1.54) is 16.7 Å². The standard InChI is InChI=1S/C18H20N4/c1-15-5-2-3-7-17(15)13-18(22-14-19)21-10-4-6-16-8-11-20-12-9-16/h2-3,5,7-9,11-12H,4,6,10,13H2,1H3,(H,21,22). The number of pyridine rings is 1. The van der Waals surface area contributed by atoms with Crippen LogP contribution in [0, 0.1) is 18.4 Å². The van der Waals surface area contributed by atoms with E-state index < -0.39 is 0 Å². The zero-order valence-electron chi connectivity index (χ0n) is 12.8. The number of amidine groups is 1. The number of nitrogens with one attached hydrogen (secondary N) is 1. The number of aliphatic imine (C=N–C) groups is 1. The molecule has 0 spiro atoms. The first-order valence-corrected chi connectivity index (χ1v) is 7.42. The molecule has 1 aromatic carbocycles. The van der Waals surface area contributed by atoms with Gasteiger partial charge in [-0.3, -0.25) is 4.98 Å². The Kier molecular flexibility index (Phi) is 6.13. The first-order chi connectivity index (χ1) is 10.8. The highest BCUT2D eigenvalue weighted by atomic mass is 15.0. The lowest BCUT2D eigenvalue weighted by atomic mass is 10.1. The molecule has 0 bridgehead atoms. The molecule has 1 heterocycles. The van der Waals surface area contributed by atoms with Gasteiger partial charge < -0.3 is 5.32 Å². The molecule has 2 rings (SSSR count). The van der Waals surface area contributed by atoms with Gasteiger partial charge in [0.25, 0.3) is 0 Å². The second-order valence-electron chi connectivity index (χ2n) is 5.15. The van der Waals surface area contributed by atoms with Crippen molar-refractivity contribution in [2.75, 3.05) is 6.54 Å². The highest BCUT2D eigenvalue weighted by molar-refractivity contribution is 5.85. The SMILES string of the molecule is Cc1ccccc1CC(=NC#N)NCCCc1ccncc1. The van der Waals surface area contributed by atoms with Gasteiger partial charge in [0.15, 0.2) is 0 Å². The van der Waals surface area contributed by atoms with Crippen molar-refractivity contribution in [3.8, 4) is 6.19 Å². The number of nitriles is 1. The topological polar surface area (TPSA) is 61.1 Å². The van der Waals surface area contributed by atoms with E-state index >= 15 is 0 Å². The number of hydrogen-bond acceptors (Lipinski definition) is 3. The minimum Gasteiger partial charge on any atom is -0.373 e. The first kappa shape index (κ1) is 15.7. The summed E-state index contributed by atoms with van der Waals surface area (Å²) < 4.78 is 0. The summed E-state index contributed by atoms with van der Waals surface area (Å²) in [5.74, 6) is 0.728. The summed E-state index contributed by atoms with van der Waals surface area (Å²) in [5.41, 5.74) is 3.68. The Labute approximate surface area is 131 Å².